The fraction of sp³-hybridized carbons (Fsp3) is 0.600. The van der Waals surface area contributed by atoms with Crippen molar-refractivity contribution in [3.05, 3.63) is 24.0 Å². The molecule has 1 aliphatic heterocycles. The maximum atomic E-state index is 14.0. The second-order valence-electron chi connectivity index (χ2n) is 6.44. The topological polar surface area (TPSA) is 27.7 Å². The van der Waals surface area contributed by atoms with Crippen LogP contribution in [0.1, 0.15) is 41.5 Å². The van der Waals surface area contributed by atoms with Gasteiger partial charge in [-0.1, -0.05) is 6.07 Å². The molecule has 5 heteroatoms. The van der Waals surface area contributed by atoms with Crippen LogP contribution in [0.15, 0.2) is 18.2 Å². The third-order valence-corrected chi connectivity index (χ3v) is 3.84. The molecule has 2 rings (SSSR count). The van der Waals surface area contributed by atoms with Crippen molar-refractivity contribution in [2.24, 2.45) is 0 Å². The van der Waals surface area contributed by atoms with Crippen molar-refractivity contribution in [2.75, 3.05) is 0 Å². The molecule has 1 heterocycles. The molecule has 0 aliphatic carbocycles. The summed E-state index contributed by atoms with van der Waals surface area (Å²) >= 11 is 0. The van der Waals surface area contributed by atoms with Crippen LogP contribution in [0, 0.1) is 5.82 Å². The lowest BCUT2D eigenvalue weighted by molar-refractivity contribution is 0.00578. The standard InChI is InChI=1S/C15H22BFO3/c1-10(2)18-13-8-7-11(9-12(13)17)16-19-14(3,4)15(5,6)20-16/h7-10H,1-6H3. The van der Waals surface area contributed by atoms with Crippen molar-refractivity contribution in [2.45, 2.75) is 58.8 Å². The van der Waals surface area contributed by atoms with Gasteiger partial charge in [-0.2, -0.15) is 0 Å². The normalized spacial score (nSPS) is 20.5. The lowest BCUT2D eigenvalue weighted by Crippen LogP contribution is -2.41. The van der Waals surface area contributed by atoms with Gasteiger partial charge in [0.2, 0.25) is 0 Å². The maximum absolute atomic E-state index is 14.0. The molecule has 0 atom stereocenters. The Hall–Kier alpha value is -1.07. The van der Waals surface area contributed by atoms with Gasteiger partial charge in [0.1, 0.15) is 0 Å². The van der Waals surface area contributed by atoms with Crippen molar-refractivity contribution >= 4 is 12.6 Å². The van der Waals surface area contributed by atoms with Gasteiger partial charge in [-0.25, -0.2) is 4.39 Å². The first-order chi connectivity index (χ1) is 9.12. The van der Waals surface area contributed by atoms with Crippen LogP contribution in [0.3, 0.4) is 0 Å². The van der Waals surface area contributed by atoms with E-state index < -0.39 is 24.1 Å². The van der Waals surface area contributed by atoms with Gasteiger partial charge in [0, 0.05) is 0 Å². The molecule has 1 fully saturated rings. The monoisotopic (exact) mass is 280 g/mol. The Kier molecular flexibility index (Phi) is 3.86. The fourth-order valence-electron chi connectivity index (χ4n) is 1.99. The van der Waals surface area contributed by atoms with Gasteiger partial charge in [0.05, 0.1) is 17.3 Å². The number of hydrogen-bond donors (Lipinski definition) is 0. The first-order valence-corrected chi connectivity index (χ1v) is 6.94. The molecule has 1 aromatic carbocycles. The fourth-order valence-corrected chi connectivity index (χ4v) is 1.99. The Morgan fingerprint density at radius 1 is 1.10 bits per heavy atom. The van der Waals surface area contributed by atoms with E-state index in [1.165, 1.54) is 6.07 Å². The van der Waals surface area contributed by atoms with Gasteiger partial charge >= 0.3 is 7.12 Å². The van der Waals surface area contributed by atoms with E-state index in [1.807, 2.05) is 41.5 Å². The van der Waals surface area contributed by atoms with Crippen LogP contribution in [0.25, 0.3) is 0 Å². The highest BCUT2D eigenvalue weighted by Gasteiger charge is 2.51. The summed E-state index contributed by atoms with van der Waals surface area (Å²) in [5.41, 5.74) is -0.195. The van der Waals surface area contributed by atoms with Crippen molar-refractivity contribution in [3.8, 4) is 5.75 Å². The predicted molar refractivity (Wildman–Crippen MR) is 77.9 cm³/mol. The van der Waals surface area contributed by atoms with Gasteiger partial charge in [-0.15, -0.1) is 0 Å². The Morgan fingerprint density at radius 2 is 1.65 bits per heavy atom. The van der Waals surface area contributed by atoms with Crippen molar-refractivity contribution in [1.29, 1.82) is 0 Å². The zero-order chi connectivity index (χ0) is 15.1. The maximum Gasteiger partial charge on any atom is 0.494 e. The SMILES string of the molecule is CC(C)Oc1ccc(B2OC(C)(C)C(C)(C)O2)cc1F. The lowest BCUT2D eigenvalue weighted by atomic mass is 9.79. The number of halogens is 1. The smallest absolute Gasteiger partial charge is 0.488 e. The molecule has 0 spiro atoms. The predicted octanol–water partition coefficient (Wildman–Crippen LogP) is 2.91. The quantitative estimate of drug-likeness (QED) is 0.797. The van der Waals surface area contributed by atoms with E-state index in [0.717, 1.165) is 0 Å². The van der Waals surface area contributed by atoms with Crippen LogP contribution in [-0.4, -0.2) is 24.4 Å². The largest absolute Gasteiger partial charge is 0.494 e. The van der Waals surface area contributed by atoms with E-state index in [1.54, 1.807) is 12.1 Å². The van der Waals surface area contributed by atoms with Gasteiger partial charge < -0.3 is 14.0 Å². The van der Waals surface area contributed by atoms with E-state index in [4.69, 9.17) is 14.0 Å². The average Bonchev–Trinajstić information content (AvgIpc) is 2.50. The lowest BCUT2D eigenvalue weighted by Gasteiger charge is -2.32. The first-order valence-electron chi connectivity index (χ1n) is 6.94. The molecule has 1 aromatic rings. The summed E-state index contributed by atoms with van der Waals surface area (Å²) in [6.45, 7) is 11.6. The molecule has 110 valence electrons. The Morgan fingerprint density at radius 3 is 2.10 bits per heavy atom. The third kappa shape index (κ3) is 2.84. The summed E-state index contributed by atoms with van der Waals surface area (Å²) in [4.78, 5) is 0. The molecule has 0 bridgehead atoms. The van der Waals surface area contributed by atoms with Gasteiger partial charge in [-0.05, 0) is 59.1 Å². The molecule has 20 heavy (non-hydrogen) atoms. The molecule has 0 saturated carbocycles. The Bertz CT molecular complexity index is 484. The molecule has 3 nitrogen and oxygen atoms in total. The van der Waals surface area contributed by atoms with Crippen LogP contribution in [0.5, 0.6) is 5.75 Å². The summed E-state index contributed by atoms with van der Waals surface area (Å²) in [6.07, 6.45) is -0.0628. The number of rotatable bonds is 3. The average molecular weight is 280 g/mol. The van der Waals surface area contributed by atoms with E-state index in [9.17, 15) is 4.39 Å². The molecule has 0 unspecified atom stereocenters. The highest BCUT2D eigenvalue weighted by Crippen LogP contribution is 2.36. The second-order valence-corrected chi connectivity index (χ2v) is 6.44. The molecule has 0 radical (unpaired) electrons. The zero-order valence-electron chi connectivity index (χ0n) is 13.0. The summed E-state index contributed by atoms with van der Waals surface area (Å²) in [7, 11) is -0.553. The number of hydrogen-bond acceptors (Lipinski definition) is 3. The minimum absolute atomic E-state index is 0.0628. The first kappa shape index (κ1) is 15.3. The van der Waals surface area contributed by atoms with Gasteiger partial charge in [0.25, 0.3) is 0 Å². The summed E-state index contributed by atoms with van der Waals surface area (Å²) < 4.78 is 31.2. The Labute approximate surface area is 120 Å². The van der Waals surface area contributed by atoms with Crippen molar-refractivity contribution < 1.29 is 18.4 Å². The van der Waals surface area contributed by atoms with Crippen LogP contribution in [0.2, 0.25) is 0 Å². The molecule has 0 aromatic heterocycles. The van der Waals surface area contributed by atoms with Crippen molar-refractivity contribution in [1.82, 2.24) is 0 Å². The molecular weight excluding hydrogens is 258 g/mol. The molecule has 0 amide bonds. The number of benzene rings is 1. The van der Waals surface area contributed by atoms with E-state index in [0.29, 0.717) is 5.46 Å². The van der Waals surface area contributed by atoms with E-state index in [2.05, 4.69) is 0 Å². The second kappa shape index (κ2) is 5.04. The van der Waals surface area contributed by atoms with Gasteiger partial charge in [0.15, 0.2) is 11.6 Å². The van der Waals surface area contributed by atoms with E-state index in [-0.39, 0.29) is 11.9 Å². The molecule has 0 N–H and O–H groups in total. The molecular formula is C15H22BFO3. The summed E-state index contributed by atoms with van der Waals surface area (Å²) in [6, 6.07) is 4.82. The summed E-state index contributed by atoms with van der Waals surface area (Å²) in [5, 5.41) is 0. The van der Waals surface area contributed by atoms with Crippen molar-refractivity contribution in [3.63, 3.8) is 0 Å². The highest BCUT2D eigenvalue weighted by atomic mass is 19.1. The minimum Gasteiger partial charge on any atom is -0.488 e. The van der Waals surface area contributed by atoms with Crippen LogP contribution in [-0.2, 0) is 9.31 Å². The van der Waals surface area contributed by atoms with Crippen LogP contribution >= 0.6 is 0 Å². The van der Waals surface area contributed by atoms with Crippen LogP contribution < -0.4 is 10.2 Å². The molecule has 1 saturated heterocycles. The van der Waals surface area contributed by atoms with Gasteiger partial charge in [-0.3, -0.25) is 0 Å². The number of ether oxygens (including phenoxy) is 1. The minimum atomic E-state index is -0.553. The third-order valence-electron chi connectivity index (χ3n) is 3.84. The summed E-state index contributed by atoms with van der Waals surface area (Å²) in [5.74, 6) is -0.147. The van der Waals surface area contributed by atoms with E-state index >= 15 is 0 Å². The van der Waals surface area contributed by atoms with Crippen LogP contribution in [0.4, 0.5) is 4.39 Å². The Balaban J connectivity index is 2.22. The zero-order valence-corrected chi connectivity index (χ0v) is 13.0. The molecule has 1 aliphatic rings. The highest BCUT2D eigenvalue weighted by molar-refractivity contribution is 6.62.